The van der Waals surface area contributed by atoms with Crippen molar-refractivity contribution in [3.05, 3.63) is 52.9 Å². The van der Waals surface area contributed by atoms with E-state index in [4.69, 9.17) is 9.26 Å². The number of halogens is 2. The number of amides is 6. The second-order valence-electron chi connectivity index (χ2n) is 15.9. The maximum atomic E-state index is 14.7. The number of benzene rings is 1. The minimum atomic E-state index is -1.74. The predicted molar refractivity (Wildman–Crippen MR) is 197 cm³/mol. The molecule has 19 heteroatoms. The van der Waals surface area contributed by atoms with Gasteiger partial charge in [-0.25, -0.2) is 13.6 Å². The van der Waals surface area contributed by atoms with Crippen LogP contribution < -0.4 is 16.0 Å². The monoisotopic (exact) mass is 813 g/mol. The SMILES string of the molecule is Cc1cc(CC(=O)N[C@@H](Cc2cc(F)cc(F)c2)C(=O)N[C@@H]2C(=O)N3C[C@H](O)C[C@H]3C(=O)N3CCCC[C@H]3C(=O)N[C@@H](C)C(=O)N3C[C@H](C)C[C@H]3C(=O)O[C@H]2C)no1. The quantitative estimate of drug-likeness (QED) is 0.274. The van der Waals surface area contributed by atoms with Crippen LogP contribution in [-0.2, 0) is 51.1 Å². The summed E-state index contributed by atoms with van der Waals surface area (Å²) in [5.74, 6) is -6.90. The number of hydrogen-bond donors (Lipinski definition) is 4. The van der Waals surface area contributed by atoms with Gasteiger partial charge in [-0.2, -0.15) is 0 Å². The molecule has 6 rings (SSSR count). The lowest BCUT2D eigenvalue weighted by molar-refractivity contribution is -0.163. The Labute approximate surface area is 333 Å². The number of nitrogens with zero attached hydrogens (tertiary/aromatic N) is 4. The molecule has 4 fully saturated rings. The number of nitrogens with one attached hydrogen (secondary N) is 3. The number of ether oxygens (including phenoxy) is 1. The number of aromatic nitrogens is 1. The van der Waals surface area contributed by atoms with Crippen molar-refractivity contribution in [1.82, 2.24) is 35.8 Å². The van der Waals surface area contributed by atoms with Crippen molar-refractivity contribution in [2.24, 2.45) is 5.92 Å². The summed E-state index contributed by atoms with van der Waals surface area (Å²) in [6.45, 7) is 6.28. The molecule has 4 aliphatic heterocycles. The molecule has 0 radical (unpaired) electrons. The fourth-order valence-corrected chi connectivity index (χ4v) is 8.31. The number of cyclic esters (lactones) is 1. The molecule has 0 bridgehead atoms. The fourth-order valence-electron chi connectivity index (χ4n) is 8.31. The van der Waals surface area contributed by atoms with Crippen LogP contribution in [0, 0.1) is 24.5 Å². The van der Waals surface area contributed by atoms with E-state index in [0.717, 1.165) is 17.0 Å². The topological polar surface area (TPSA) is 221 Å². The van der Waals surface area contributed by atoms with Gasteiger partial charge in [0.15, 0.2) is 0 Å². The Kier molecular flexibility index (Phi) is 12.8. The average Bonchev–Trinajstić information content (AvgIpc) is 3.88. The minimum Gasteiger partial charge on any atom is -0.458 e. The first-order valence-corrected chi connectivity index (χ1v) is 19.6. The smallest absolute Gasteiger partial charge is 0.329 e. The van der Waals surface area contributed by atoms with Gasteiger partial charge in [0, 0.05) is 44.6 Å². The molecule has 0 saturated carbocycles. The molecule has 1 aromatic carbocycles. The van der Waals surface area contributed by atoms with Crippen molar-refractivity contribution in [1.29, 1.82) is 0 Å². The maximum absolute atomic E-state index is 14.7. The molecule has 6 amide bonds. The number of carbonyl (C=O) groups excluding carboxylic acids is 7. The highest BCUT2D eigenvalue weighted by Gasteiger charge is 2.49. The van der Waals surface area contributed by atoms with Crippen LogP contribution in [0.4, 0.5) is 8.78 Å². The summed E-state index contributed by atoms with van der Waals surface area (Å²) in [5, 5.41) is 22.4. The molecule has 5 heterocycles. The van der Waals surface area contributed by atoms with Gasteiger partial charge in [-0.05, 0) is 70.1 Å². The number of rotatable bonds is 7. The normalized spacial score (nSPS) is 28.9. The molecular weight excluding hydrogens is 764 g/mol. The summed E-state index contributed by atoms with van der Waals surface area (Å²) in [4.78, 5) is 102. The molecule has 2 aromatic rings. The summed E-state index contributed by atoms with van der Waals surface area (Å²) in [6, 6.07) is -3.64. The molecule has 58 heavy (non-hydrogen) atoms. The Morgan fingerprint density at radius 1 is 0.914 bits per heavy atom. The molecule has 0 unspecified atom stereocenters. The maximum Gasteiger partial charge on any atom is 0.329 e. The van der Waals surface area contributed by atoms with Crippen LogP contribution in [0.3, 0.4) is 0 Å². The zero-order valence-electron chi connectivity index (χ0n) is 32.7. The van der Waals surface area contributed by atoms with Crippen molar-refractivity contribution >= 4 is 41.4 Å². The van der Waals surface area contributed by atoms with Crippen LogP contribution in [0.2, 0.25) is 0 Å². The van der Waals surface area contributed by atoms with Crippen LogP contribution >= 0.6 is 0 Å². The Morgan fingerprint density at radius 2 is 1.62 bits per heavy atom. The van der Waals surface area contributed by atoms with Crippen LogP contribution in [0.25, 0.3) is 0 Å². The lowest BCUT2D eigenvalue weighted by Crippen LogP contribution is -2.63. The van der Waals surface area contributed by atoms with Gasteiger partial charge in [0.1, 0.15) is 59.7 Å². The van der Waals surface area contributed by atoms with Gasteiger partial charge in [-0.15, -0.1) is 0 Å². The van der Waals surface area contributed by atoms with E-state index in [0.29, 0.717) is 24.7 Å². The molecule has 314 valence electrons. The number of aliphatic hydroxyl groups is 1. The Hall–Kier alpha value is -5.46. The van der Waals surface area contributed by atoms with Gasteiger partial charge in [0.25, 0.3) is 0 Å². The lowest BCUT2D eigenvalue weighted by Gasteiger charge is -2.39. The van der Waals surface area contributed by atoms with E-state index in [1.807, 2.05) is 6.92 Å². The molecule has 0 aliphatic carbocycles. The molecule has 0 spiro atoms. The first-order valence-electron chi connectivity index (χ1n) is 19.6. The van der Waals surface area contributed by atoms with Crippen molar-refractivity contribution in [2.75, 3.05) is 19.6 Å². The molecule has 4 saturated heterocycles. The van der Waals surface area contributed by atoms with Gasteiger partial charge in [-0.1, -0.05) is 12.1 Å². The predicted octanol–water partition coefficient (Wildman–Crippen LogP) is 0.0459. The van der Waals surface area contributed by atoms with E-state index >= 15 is 0 Å². The molecule has 4 aliphatic rings. The summed E-state index contributed by atoms with van der Waals surface area (Å²) in [7, 11) is 0. The molecule has 17 nitrogen and oxygen atoms in total. The zero-order chi connectivity index (χ0) is 42.0. The standard InChI is InChI=1S/C39H49F2N7O10/c1-19-9-31-39(56)57-22(4)33(44-34(51)28(13-23-11-24(40)14-25(41)12-23)43-32(50)15-26-10-20(2)58-45-26)38(55)48-18-27(49)16-30(48)37(54)46-8-6-5-7-29(46)35(52)42-21(3)36(53)47(31)17-19/h10-12,14,19,21-22,27-31,33,49H,5-9,13,15-18H2,1-4H3,(H,42,52)(H,43,50)(H,44,51)/t19-,21+,22+,27-,28+,29+,30+,31+,33+/m1/s1. The van der Waals surface area contributed by atoms with E-state index in [1.165, 1.54) is 29.7 Å². The third-order valence-corrected chi connectivity index (χ3v) is 11.1. The number of fused-ring (bicyclic) bond motifs is 3. The number of hydrogen-bond acceptors (Lipinski definition) is 11. The Morgan fingerprint density at radius 3 is 2.31 bits per heavy atom. The lowest BCUT2D eigenvalue weighted by atomic mass is 9.98. The number of aliphatic hydroxyl groups excluding tert-OH is 1. The largest absolute Gasteiger partial charge is 0.458 e. The van der Waals surface area contributed by atoms with Gasteiger partial charge in [0.05, 0.1) is 18.2 Å². The highest BCUT2D eigenvalue weighted by atomic mass is 19.1. The average molecular weight is 814 g/mol. The van der Waals surface area contributed by atoms with Crippen molar-refractivity contribution in [3.8, 4) is 0 Å². The van der Waals surface area contributed by atoms with Gasteiger partial charge in [-0.3, -0.25) is 28.8 Å². The summed E-state index contributed by atoms with van der Waals surface area (Å²) in [5.41, 5.74) is 0.223. The van der Waals surface area contributed by atoms with Gasteiger partial charge < -0.3 is 45.0 Å². The van der Waals surface area contributed by atoms with Crippen molar-refractivity contribution < 1.29 is 56.7 Å². The number of esters is 1. The van der Waals surface area contributed by atoms with E-state index in [-0.39, 0.29) is 62.5 Å². The molecular formula is C39H49F2N7O10. The second kappa shape index (κ2) is 17.6. The third-order valence-electron chi connectivity index (χ3n) is 11.1. The highest BCUT2D eigenvalue weighted by Crippen LogP contribution is 2.29. The van der Waals surface area contributed by atoms with Crippen LogP contribution in [0.15, 0.2) is 28.8 Å². The fraction of sp³-hybridized carbons (Fsp3) is 0.590. The summed E-state index contributed by atoms with van der Waals surface area (Å²) >= 11 is 0. The highest BCUT2D eigenvalue weighted by molar-refractivity contribution is 5.98. The number of aryl methyl sites for hydroxylation is 1. The van der Waals surface area contributed by atoms with E-state index in [2.05, 4.69) is 21.1 Å². The summed E-state index contributed by atoms with van der Waals surface area (Å²) in [6.07, 6.45) is -1.95. The van der Waals surface area contributed by atoms with Crippen LogP contribution in [0.1, 0.15) is 69.9 Å². The Balaban J connectivity index is 1.36. The number of piperidine rings is 1. The molecule has 1 aromatic heterocycles. The third kappa shape index (κ3) is 9.45. The van der Waals surface area contributed by atoms with Gasteiger partial charge in [0.2, 0.25) is 35.4 Å². The van der Waals surface area contributed by atoms with E-state index in [9.17, 15) is 47.4 Å². The van der Waals surface area contributed by atoms with E-state index < -0.39 is 108 Å². The molecule has 9 atom stereocenters. The first kappa shape index (κ1) is 42.2. The minimum absolute atomic E-state index is 0.0122. The van der Waals surface area contributed by atoms with Gasteiger partial charge >= 0.3 is 5.97 Å². The first-order chi connectivity index (χ1) is 27.5. The zero-order valence-corrected chi connectivity index (χ0v) is 32.7. The number of carbonyl (C=O) groups is 7. The second-order valence-corrected chi connectivity index (χ2v) is 15.9. The van der Waals surface area contributed by atoms with Crippen molar-refractivity contribution in [3.63, 3.8) is 0 Å². The van der Waals surface area contributed by atoms with Crippen LogP contribution in [0.5, 0.6) is 0 Å². The van der Waals surface area contributed by atoms with E-state index in [1.54, 1.807) is 6.92 Å². The Bertz CT molecular complexity index is 1920. The van der Waals surface area contributed by atoms with Crippen molar-refractivity contribution in [2.45, 2.75) is 121 Å². The van der Waals surface area contributed by atoms with Crippen LogP contribution in [-0.4, -0.2) is 134 Å². The summed E-state index contributed by atoms with van der Waals surface area (Å²) < 4.78 is 39.5. The molecule has 4 N–H and O–H groups in total.